The topological polar surface area (TPSA) is 81.2 Å². The molecule has 1 aromatic heterocycles. The Bertz CT molecular complexity index is 785. The number of nitrogens with two attached hydrogens (primary N) is 1. The van der Waals surface area contributed by atoms with Crippen LogP contribution in [-0.4, -0.2) is 39.5 Å². The number of aromatic nitrogens is 2. The van der Waals surface area contributed by atoms with Crippen molar-refractivity contribution >= 4 is 17.5 Å². The van der Waals surface area contributed by atoms with E-state index in [0.717, 1.165) is 12.8 Å². The molecule has 1 aliphatic heterocycles. The summed E-state index contributed by atoms with van der Waals surface area (Å²) in [5.41, 5.74) is 7.04. The van der Waals surface area contributed by atoms with Gasteiger partial charge in [-0.15, -0.1) is 0 Å². The Hall–Kier alpha value is -2.70. The van der Waals surface area contributed by atoms with E-state index in [0.29, 0.717) is 30.8 Å². The normalized spacial score (nSPS) is 17.5. The molecule has 2 heterocycles. The van der Waals surface area contributed by atoms with Gasteiger partial charge in [0.1, 0.15) is 11.6 Å². The Labute approximate surface area is 145 Å². The highest BCUT2D eigenvalue weighted by atomic mass is 19.1. The van der Waals surface area contributed by atoms with E-state index in [2.05, 4.69) is 5.10 Å². The Morgan fingerprint density at radius 2 is 2.04 bits per heavy atom. The molecule has 2 aromatic rings. The fraction of sp³-hybridized carbons (Fsp3) is 0.389. The van der Waals surface area contributed by atoms with Crippen molar-refractivity contribution in [1.82, 2.24) is 14.7 Å². The average Bonchev–Trinajstić information content (AvgIpc) is 3.02. The first-order valence-corrected chi connectivity index (χ1v) is 8.42. The van der Waals surface area contributed by atoms with Gasteiger partial charge < -0.3 is 10.6 Å². The Kier molecular flexibility index (Phi) is 4.83. The van der Waals surface area contributed by atoms with Crippen molar-refractivity contribution in [2.24, 2.45) is 5.92 Å². The number of anilines is 1. The molecule has 7 heteroatoms. The quantitative estimate of drug-likeness (QED) is 0.864. The number of Topliss-reactive ketones (excluding diaryl/α,β-unsaturated/α-hetero) is 1. The third-order valence-electron chi connectivity index (χ3n) is 4.59. The minimum absolute atomic E-state index is 0.0625. The van der Waals surface area contributed by atoms with E-state index in [1.807, 2.05) is 6.92 Å². The van der Waals surface area contributed by atoms with Crippen molar-refractivity contribution in [3.63, 3.8) is 0 Å². The fourth-order valence-corrected chi connectivity index (χ4v) is 3.20. The molecule has 3 rings (SSSR count). The number of hydrogen-bond donors (Lipinski definition) is 1. The van der Waals surface area contributed by atoms with Gasteiger partial charge in [-0.3, -0.25) is 9.59 Å². The van der Waals surface area contributed by atoms with Crippen LogP contribution in [0.3, 0.4) is 0 Å². The van der Waals surface area contributed by atoms with Crippen molar-refractivity contribution < 1.29 is 14.0 Å². The number of nitrogen functional groups attached to an aromatic ring is 1. The second-order valence-electron chi connectivity index (χ2n) is 6.23. The number of likely N-dealkylation sites (tertiary alicyclic amines) is 1. The monoisotopic (exact) mass is 344 g/mol. The zero-order chi connectivity index (χ0) is 18.0. The van der Waals surface area contributed by atoms with Gasteiger partial charge in [-0.25, -0.2) is 9.07 Å². The summed E-state index contributed by atoms with van der Waals surface area (Å²) in [4.78, 5) is 26.5. The van der Waals surface area contributed by atoms with Gasteiger partial charge in [0.15, 0.2) is 5.78 Å². The van der Waals surface area contributed by atoms with Gasteiger partial charge in [0.05, 0.1) is 17.4 Å². The highest BCUT2D eigenvalue weighted by Gasteiger charge is 2.30. The van der Waals surface area contributed by atoms with Crippen molar-refractivity contribution in [2.75, 3.05) is 18.8 Å². The van der Waals surface area contributed by atoms with Crippen LogP contribution in [0.15, 0.2) is 30.5 Å². The van der Waals surface area contributed by atoms with Crippen molar-refractivity contribution in [3.8, 4) is 5.69 Å². The van der Waals surface area contributed by atoms with Gasteiger partial charge in [-0.05, 0) is 37.1 Å². The molecule has 0 aliphatic carbocycles. The summed E-state index contributed by atoms with van der Waals surface area (Å²) in [7, 11) is 0. The lowest BCUT2D eigenvalue weighted by Crippen LogP contribution is -2.42. The molecule has 1 amide bonds. The van der Waals surface area contributed by atoms with Gasteiger partial charge in [-0.2, -0.15) is 5.10 Å². The van der Waals surface area contributed by atoms with E-state index in [-0.39, 0.29) is 29.2 Å². The summed E-state index contributed by atoms with van der Waals surface area (Å²) in [6, 6.07) is 5.73. The smallest absolute Gasteiger partial charge is 0.222 e. The third-order valence-corrected chi connectivity index (χ3v) is 4.59. The van der Waals surface area contributed by atoms with E-state index in [4.69, 9.17) is 5.73 Å². The first-order chi connectivity index (χ1) is 12.0. The Balaban J connectivity index is 1.81. The second kappa shape index (κ2) is 7.04. The largest absolute Gasteiger partial charge is 0.383 e. The van der Waals surface area contributed by atoms with Crippen LogP contribution in [0, 0.1) is 11.7 Å². The van der Waals surface area contributed by atoms with E-state index in [1.54, 1.807) is 17.0 Å². The molecular formula is C18H21FN4O2. The van der Waals surface area contributed by atoms with Gasteiger partial charge >= 0.3 is 0 Å². The Morgan fingerprint density at radius 3 is 2.72 bits per heavy atom. The minimum Gasteiger partial charge on any atom is -0.383 e. The van der Waals surface area contributed by atoms with Crippen LogP contribution in [0.5, 0.6) is 0 Å². The molecule has 2 N–H and O–H groups in total. The summed E-state index contributed by atoms with van der Waals surface area (Å²) in [5.74, 6) is -0.423. The van der Waals surface area contributed by atoms with Crippen LogP contribution < -0.4 is 5.73 Å². The number of benzene rings is 1. The van der Waals surface area contributed by atoms with Crippen molar-refractivity contribution in [2.45, 2.75) is 26.2 Å². The van der Waals surface area contributed by atoms with E-state index < -0.39 is 0 Å². The number of rotatable bonds is 4. The van der Waals surface area contributed by atoms with E-state index in [9.17, 15) is 14.0 Å². The molecule has 1 aromatic carbocycles. The number of carbonyl (C=O) groups excluding carboxylic acids is 2. The lowest BCUT2D eigenvalue weighted by molar-refractivity contribution is -0.132. The predicted octanol–water partition coefficient (Wildman–Crippen LogP) is 2.42. The lowest BCUT2D eigenvalue weighted by Gasteiger charge is -2.31. The molecule has 0 saturated carbocycles. The minimum atomic E-state index is -0.353. The first kappa shape index (κ1) is 17.1. The first-order valence-electron chi connectivity index (χ1n) is 8.42. The van der Waals surface area contributed by atoms with Crippen LogP contribution in [0.25, 0.3) is 5.69 Å². The molecule has 0 spiro atoms. The van der Waals surface area contributed by atoms with Crippen LogP contribution in [0.4, 0.5) is 10.2 Å². The molecule has 1 fully saturated rings. The number of halogens is 1. The molecule has 132 valence electrons. The van der Waals surface area contributed by atoms with Crippen molar-refractivity contribution in [1.29, 1.82) is 0 Å². The number of piperidine rings is 1. The number of hydrogen-bond acceptors (Lipinski definition) is 4. The van der Waals surface area contributed by atoms with Gasteiger partial charge in [-0.1, -0.05) is 6.92 Å². The molecule has 6 nitrogen and oxygen atoms in total. The molecule has 25 heavy (non-hydrogen) atoms. The molecule has 0 bridgehead atoms. The molecule has 1 saturated heterocycles. The maximum absolute atomic E-state index is 13.1. The average molecular weight is 344 g/mol. The van der Waals surface area contributed by atoms with Gasteiger partial charge in [0.25, 0.3) is 0 Å². The maximum Gasteiger partial charge on any atom is 0.222 e. The van der Waals surface area contributed by atoms with Crippen LogP contribution in [0.1, 0.15) is 36.5 Å². The standard InChI is InChI=1S/C18H21FN4O2/c1-2-16(24)22-9-3-4-12(11-22)17(25)15-10-21-23(18(15)20)14-7-5-13(19)6-8-14/h5-8,10,12H,2-4,9,11,20H2,1H3/t12-/m0/s1. The van der Waals surface area contributed by atoms with E-state index >= 15 is 0 Å². The summed E-state index contributed by atoms with van der Waals surface area (Å²) in [6.45, 7) is 2.94. The third kappa shape index (κ3) is 3.40. The Morgan fingerprint density at radius 1 is 1.32 bits per heavy atom. The SMILES string of the molecule is CCC(=O)N1CCC[C@H](C(=O)c2cnn(-c3ccc(F)cc3)c2N)C1. The summed E-state index contributed by atoms with van der Waals surface area (Å²) in [6.07, 6.45) is 3.41. The number of nitrogens with zero attached hydrogens (tertiary/aromatic N) is 3. The van der Waals surface area contributed by atoms with Crippen LogP contribution in [-0.2, 0) is 4.79 Å². The zero-order valence-corrected chi connectivity index (χ0v) is 14.1. The summed E-state index contributed by atoms with van der Waals surface area (Å²) >= 11 is 0. The zero-order valence-electron chi connectivity index (χ0n) is 14.1. The second-order valence-corrected chi connectivity index (χ2v) is 6.23. The maximum atomic E-state index is 13.1. The highest BCUT2D eigenvalue weighted by molar-refractivity contribution is 6.02. The van der Waals surface area contributed by atoms with Gasteiger partial charge in [0, 0.05) is 25.4 Å². The van der Waals surface area contributed by atoms with Crippen LogP contribution in [0.2, 0.25) is 0 Å². The lowest BCUT2D eigenvalue weighted by atomic mass is 9.90. The summed E-state index contributed by atoms with van der Waals surface area (Å²) < 4.78 is 14.5. The van der Waals surface area contributed by atoms with Crippen molar-refractivity contribution in [3.05, 3.63) is 41.8 Å². The number of amides is 1. The van der Waals surface area contributed by atoms with Crippen LogP contribution >= 0.6 is 0 Å². The number of carbonyl (C=O) groups is 2. The number of ketones is 1. The highest BCUT2D eigenvalue weighted by Crippen LogP contribution is 2.25. The van der Waals surface area contributed by atoms with Gasteiger partial charge in [0.2, 0.25) is 5.91 Å². The molecule has 1 atom stereocenters. The molecular weight excluding hydrogens is 323 g/mol. The van der Waals surface area contributed by atoms with E-state index in [1.165, 1.54) is 23.0 Å². The predicted molar refractivity (Wildman–Crippen MR) is 91.9 cm³/mol. The molecule has 0 radical (unpaired) electrons. The fourth-order valence-electron chi connectivity index (χ4n) is 3.20. The summed E-state index contributed by atoms with van der Waals surface area (Å²) in [5, 5.41) is 4.17. The molecule has 0 unspecified atom stereocenters. The molecule has 1 aliphatic rings.